The summed E-state index contributed by atoms with van der Waals surface area (Å²) in [5.74, 6) is -1.76. The lowest BCUT2D eigenvalue weighted by atomic mass is 9.94. The van der Waals surface area contributed by atoms with Crippen LogP contribution in [0.15, 0.2) is 54.4 Å². The molecule has 0 saturated heterocycles. The Kier molecular flexibility index (Phi) is 11.5. The molecule has 1 saturated carbocycles. The molecule has 1 unspecified atom stereocenters. The van der Waals surface area contributed by atoms with Crippen molar-refractivity contribution < 1.29 is 28.2 Å². The molecule has 11 heteroatoms. The van der Waals surface area contributed by atoms with Crippen LogP contribution in [-0.4, -0.2) is 94.3 Å². The fraction of sp³-hybridized carbons (Fsp3) is 0.636. The Hall–Kier alpha value is -2.89. The third-order valence-electron chi connectivity index (χ3n) is 8.69. The lowest BCUT2D eigenvalue weighted by Gasteiger charge is -2.29. The SMILES string of the molecule is CC(C)(C)S(=O)(=O)C[C@@H](Cc1ccccc1)C(=O)NN(C[C@@H](O)CO)C(=O)CCC1=CN(CC2CC=CCC2)CN1C1CC1. The van der Waals surface area contributed by atoms with Crippen LogP contribution in [0, 0.1) is 11.8 Å². The van der Waals surface area contributed by atoms with Crippen LogP contribution in [0.1, 0.15) is 71.3 Å². The number of carbonyl (C=O) groups is 2. The van der Waals surface area contributed by atoms with Gasteiger partial charge in [0.25, 0.3) is 0 Å². The monoisotopic (exact) mass is 630 g/mol. The van der Waals surface area contributed by atoms with Gasteiger partial charge in [-0.05, 0) is 77.2 Å². The molecule has 3 atom stereocenters. The first-order valence-corrected chi connectivity index (χ1v) is 17.5. The van der Waals surface area contributed by atoms with Crippen LogP contribution in [0.2, 0.25) is 0 Å². The Morgan fingerprint density at radius 1 is 1.11 bits per heavy atom. The minimum atomic E-state index is -3.67. The number of nitrogens with one attached hydrogen (secondary N) is 1. The summed E-state index contributed by atoms with van der Waals surface area (Å²) >= 11 is 0. The summed E-state index contributed by atoms with van der Waals surface area (Å²) in [6.45, 7) is 5.71. The van der Waals surface area contributed by atoms with E-state index in [1.165, 1.54) is 6.42 Å². The first-order valence-electron chi connectivity index (χ1n) is 15.9. The van der Waals surface area contributed by atoms with Crippen LogP contribution in [-0.2, 0) is 25.8 Å². The number of aliphatic hydroxyl groups excluding tert-OH is 2. The largest absolute Gasteiger partial charge is 0.394 e. The molecule has 1 aliphatic heterocycles. The maximum Gasteiger partial charge on any atom is 0.243 e. The Balaban J connectivity index is 1.45. The fourth-order valence-electron chi connectivity index (χ4n) is 5.73. The maximum atomic E-state index is 13.6. The molecular formula is C33H50N4O6S. The number of nitrogens with zero attached hydrogens (tertiary/aromatic N) is 3. The Labute approximate surface area is 262 Å². The fourth-order valence-corrected chi connectivity index (χ4v) is 7.03. The lowest BCUT2D eigenvalue weighted by Crippen LogP contribution is -2.53. The highest BCUT2D eigenvalue weighted by Gasteiger charge is 2.37. The van der Waals surface area contributed by atoms with Crippen molar-refractivity contribution in [3.63, 3.8) is 0 Å². The number of benzene rings is 1. The predicted octanol–water partition coefficient (Wildman–Crippen LogP) is 2.99. The van der Waals surface area contributed by atoms with Gasteiger partial charge in [0.2, 0.25) is 11.8 Å². The van der Waals surface area contributed by atoms with Gasteiger partial charge in [-0.3, -0.25) is 20.0 Å². The molecule has 3 N–H and O–H groups in total. The number of aliphatic hydroxyl groups is 2. The molecule has 0 spiro atoms. The number of sulfone groups is 1. The number of hydrazine groups is 1. The molecule has 2 amide bonds. The quantitative estimate of drug-likeness (QED) is 0.211. The van der Waals surface area contributed by atoms with E-state index in [-0.39, 0.29) is 19.4 Å². The minimum absolute atomic E-state index is 0.0944. The summed E-state index contributed by atoms with van der Waals surface area (Å²) in [4.78, 5) is 31.9. The second-order valence-corrected chi connectivity index (χ2v) is 16.3. The summed E-state index contributed by atoms with van der Waals surface area (Å²) in [5, 5.41) is 20.8. The maximum absolute atomic E-state index is 13.6. The molecule has 1 heterocycles. The molecule has 44 heavy (non-hydrogen) atoms. The van der Waals surface area contributed by atoms with E-state index >= 15 is 0 Å². The first-order chi connectivity index (χ1) is 20.9. The molecule has 0 radical (unpaired) electrons. The van der Waals surface area contributed by atoms with Crippen molar-refractivity contribution in [1.82, 2.24) is 20.2 Å². The number of carbonyl (C=O) groups excluding carboxylic acids is 2. The van der Waals surface area contributed by atoms with E-state index in [1.807, 2.05) is 30.3 Å². The highest BCUT2D eigenvalue weighted by atomic mass is 32.2. The number of hydrogen-bond acceptors (Lipinski definition) is 8. The van der Waals surface area contributed by atoms with Crippen LogP contribution in [0.5, 0.6) is 0 Å². The van der Waals surface area contributed by atoms with E-state index in [1.54, 1.807) is 20.8 Å². The molecule has 1 aromatic carbocycles. The van der Waals surface area contributed by atoms with Gasteiger partial charge in [0.15, 0.2) is 9.84 Å². The van der Waals surface area contributed by atoms with Gasteiger partial charge in [-0.2, -0.15) is 0 Å². The smallest absolute Gasteiger partial charge is 0.243 e. The normalized spacial score (nSPS) is 20.3. The molecule has 1 aromatic rings. The lowest BCUT2D eigenvalue weighted by molar-refractivity contribution is -0.145. The van der Waals surface area contributed by atoms with Crippen LogP contribution in [0.3, 0.4) is 0 Å². The van der Waals surface area contributed by atoms with E-state index in [4.69, 9.17) is 0 Å². The van der Waals surface area contributed by atoms with Crippen molar-refractivity contribution in [2.24, 2.45) is 11.8 Å². The zero-order chi connectivity index (χ0) is 31.9. The third kappa shape index (κ3) is 9.55. The summed E-state index contributed by atoms with van der Waals surface area (Å²) in [5.41, 5.74) is 4.52. The summed E-state index contributed by atoms with van der Waals surface area (Å²) in [6.07, 6.45) is 11.8. The second-order valence-electron chi connectivity index (χ2n) is 13.5. The summed E-state index contributed by atoms with van der Waals surface area (Å²) < 4.78 is 25.2. The summed E-state index contributed by atoms with van der Waals surface area (Å²) in [7, 11) is -3.67. The Morgan fingerprint density at radius 3 is 2.45 bits per heavy atom. The first kappa shape index (κ1) is 34.0. The topological polar surface area (TPSA) is 130 Å². The molecule has 1 fully saturated rings. The van der Waals surface area contributed by atoms with E-state index in [9.17, 15) is 28.2 Å². The van der Waals surface area contributed by atoms with E-state index in [0.29, 0.717) is 18.4 Å². The number of allylic oxidation sites excluding steroid dienone is 3. The van der Waals surface area contributed by atoms with Crippen molar-refractivity contribution >= 4 is 21.7 Å². The van der Waals surface area contributed by atoms with Gasteiger partial charge in [-0.15, -0.1) is 0 Å². The van der Waals surface area contributed by atoms with E-state index in [2.05, 4.69) is 33.6 Å². The van der Waals surface area contributed by atoms with Crippen LogP contribution in [0.25, 0.3) is 0 Å². The zero-order valence-electron chi connectivity index (χ0n) is 26.4. The molecule has 10 nitrogen and oxygen atoms in total. The van der Waals surface area contributed by atoms with Gasteiger partial charge in [0.05, 0.1) is 42.3 Å². The van der Waals surface area contributed by atoms with Gasteiger partial charge in [-0.1, -0.05) is 42.5 Å². The highest BCUT2D eigenvalue weighted by molar-refractivity contribution is 7.92. The Morgan fingerprint density at radius 2 is 1.84 bits per heavy atom. The van der Waals surface area contributed by atoms with E-state index < -0.39 is 50.8 Å². The zero-order valence-corrected chi connectivity index (χ0v) is 27.2. The van der Waals surface area contributed by atoms with E-state index in [0.717, 1.165) is 55.2 Å². The number of amides is 2. The molecule has 0 bridgehead atoms. The number of hydrogen-bond donors (Lipinski definition) is 3. The number of rotatable bonds is 14. The van der Waals surface area contributed by atoms with Crippen molar-refractivity contribution in [2.45, 2.75) is 89.0 Å². The molecule has 0 aromatic heterocycles. The summed E-state index contributed by atoms with van der Waals surface area (Å²) in [6, 6.07) is 9.65. The third-order valence-corrected chi connectivity index (χ3v) is 11.4. The van der Waals surface area contributed by atoms with Crippen molar-refractivity contribution in [3.8, 4) is 0 Å². The molecular weight excluding hydrogens is 580 g/mol. The predicted molar refractivity (Wildman–Crippen MR) is 170 cm³/mol. The Bertz CT molecular complexity index is 1290. The highest BCUT2D eigenvalue weighted by Crippen LogP contribution is 2.35. The molecule has 3 aliphatic rings. The molecule has 2 aliphatic carbocycles. The van der Waals surface area contributed by atoms with Crippen LogP contribution in [0.4, 0.5) is 0 Å². The second kappa shape index (κ2) is 14.9. The van der Waals surface area contributed by atoms with Crippen molar-refractivity contribution in [3.05, 3.63) is 59.9 Å². The van der Waals surface area contributed by atoms with Crippen molar-refractivity contribution in [1.29, 1.82) is 0 Å². The average molecular weight is 631 g/mol. The van der Waals surface area contributed by atoms with Gasteiger partial charge < -0.3 is 20.0 Å². The van der Waals surface area contributed by atoms with Crippen molar-refractivity contribution in [2.75, 3.05) is 32.1 Å². The van der Waals surface area contributed by atoms with Gasteiger partial charge in [0.1, 0.15) is 0 Å². The van der Waals surface area contributed by atoms with Gasteiger partial charge >= 0.3 is 0 Å². The molecule has 244 valence electrons. The average Bonchev–Trinajstić information content (AvgIpc) is 3.75. The van der Waals surface area contributed by atoms with Crippen LogP contribution >= 0.6 is 0 Å². The van der Waals surface area contributed by atoms with Crippen LogP contribution < -0.4 is 5.43 Å². The minimum Gasteiger partial charge on any atom is -0.394 e. The molecule has 4 rings (SSSR count). The van der Waals surface area contributed by atoms with Gasteiger partial charge in [0, 0.05) is 30.9 Å². The van der Waals surface area contributed by atoms with Gasteiger partial charge in [-0.25, -0.2) is 8.42 Å². The standard InChI is InChI=1S/C33H50N4O6S/c1-33(2,3)44(42,43)23-27(18-25-10-6-4-7-11-25)32(41)34-37(21-30(39)22-38)31(40)17-16-29-20-35(24-36(29)28-14-15-28)19-26-12-8-5-9-13-26/h4-8,10-11,20,26-28,30,38-39H,9,12-19,21-24H2,1-3H3,(H,34,41)/t26?,27-,30-/m1/s1.